The fraction of sp³-hybridized carbons (Fsp3) is 0.462. The molecule has 2 fully saturated rings. The maximum Gasteiger partial charge on any atom is 0.278 e. The molecular formula is C26H30FN9O2. The Kier molecular flexibility index (Phi) is 5.58. The number of piperidine rings is 1. The maximum absolute atomic E-state index is 14.4. The summed E-state index contributed by atoms with van der Waals surface area (Å²) in [6.45, 7) is 5.68. The van der Waals surface area contributed by atoms with Crippen molar-refractivity contribution in [3.05, 3.63) is 56.7 Å². The second kappa shape index (κ2) is 8.74. The second-order valence-corrected chi connectivity index (χ2v) is 10.8. The molecule has 0 aromatic carbocycles. The van der Waals surface area contributed by atoms with E-state index in [9.17, 15) is 14.0 Å². The number of aromatic nitrogens is 7. The van der Waals surface area contributed by atoms with Gasteiger partial charge < -0.3 is 9.80 Å². The third kappa shape index (κ3) is 3.86. The molecule has 5 heterocycles. The highest BCUT2D eigenvalue weighted by atomic mass is 19.1. The molecule has 1 unspecified atom stereocenters. The first-order chi connectivity index (χ1) is 18.1. The van der Waals surface area contributed by atoms with Gasteiger partial charge in [-0.15, -0.1) is 0 Å². The lowest BCUT2D eigenvalue weighted by Gasteiger charge is -2.26. The molecule has 198 valence electrons. The molecule has 2 aliphatic rings. The lowest BCUT2D eigenvalue weighted by Crippen LogP contribution is -2.37. The van der Waals surface area contributed by atoms with Gasteiger partial charge in [0.1, 0.15) is 5.52 Å². The number of nitrogens with one attached hydrogen (secondary N) is 1. The SMILES string of the molecule is CC(C)Cc1nn(C)c2c(=O)[nH]c(N3C[C@@H]4C(N(C)c5nc(-c6ccncc6F)cc(=O)n5C)[C@@H]4C3)nc12. The van der Waals surface area contributed by atoms with E-state index in [1.54, 1.807) is 18.8 Å². The van der Waals surface area contributed by atoms with E-state index in [2.05, 4.69) is 38.8 Å². The topological polar surface area (TPSA) is 118 Å². The molecule has 0 spiro atoms. The summed E-state index contributed by atoms with van der Waals surface area (Å²) in [4.78, 5) is 46.0. The minimum Gasteiger partial charge on any atom is -0.342 e. The van der Waals surface area contributed by atoms with Crippen LogP contribution in [0.3, 0.4) is 0 Å². The molecule has 1 N–H and O–H groups in total. The molecule has 6 rings (SSSR count). The predicted octanol–water partition coefficient (Wildman–Crippen LogP) is 1.72. The molecule has 12 heteroatoms. The normalized spacial score (nSPS) is 20.4. The number of aryl methyl sites for hydroxylation is 1. The number of pyridine rings is 1. The van der Waals surface area contributed by atoms with Crippen LogP contribution in [0, 0.1) is 23.6 Å². The molecule has 3 atom stereocenters. The largest absolute Gasteiger partial charge is 0.342 e. The molecule has 0 bridgehead atoms. The number of hydrogen-bond donors (Lipinski definition) is 1. The van der Waals surface area contributed by atoms with Crippen LogP contribution in [0.2, 0.25) is 0 Å². The number of halogens is 1. The van der Waals surface area contributed by atoms with Gasteiger partial charge in [-0.05, 0) is 18.4 Å². The fourth-order valence-electron chi connectivity index (χ4n) is 5.85. The van der Waals surface area contributed by atoms with E-state index in [0.29, 0.717) is 40.7 Å². The molecule has 4 aromatic heterocycles. The summed E-state index contributed by atoms with van der Waals surface area (Å²) in [5.41, 5.74) is 2.06. The zero-order valence-electron chi connectivity index (χ0n) is 22.0. The second-order valence-electron chi connectivity index (χ2n) is 10.8. The third-order valence-electron chi connectivity index (χ3n) is 7.72. The van der Waals surface area contributed by atoms with Crippen molar-refractivity contribution in [2.24, 2.45) is 31.8 Å². The standard InChI is InChI=1S/C26H30FN9O2/c1-13(2)8-19-21-23(35(5)32-19)24(38)31-25(30-21)36-11-15-16(12-36)22(15)34(4)26-29-18(9-20(37)33(26)3)14-6-7-28-10-17(14)27/h6-7,9-10,13,15-16,22H,8,11-12H2,1-5H3,(H,30,31,38)/t15-,16+,22?. The summed E-state index contributed by atoms with van der Waals surface area (Å²) in [5, 5.41) is 4.55. The Labute approximate surface area is 218 Å². The highest BCUT2D eigenvalue weighted by molar-refractivity contribution is 5.78. The first kappa shape index (κ1) is 24.3. The van der Waals surface area contributed by atoms with Gasteiger partial charge in [0, 0.05) is 69.9 Å². The number of fused-ring (bicyclic) bond motifs is 2. The van der Waals surface area contributed by atoms with Gasteiger partial charge in [-0.1, -0.05) is 13.8 Å². The van der Waals surface area contributed by atoms with Crippen molar-refractivity contribution in [1.29, 1.82) is 0 Å². The minimum atomic E-state index is -0.524. The average molecular weight is 520 g/mol. The van der Waals surface area contributed by atoms with Crippen molar-refractivity contribution < 1.29 is 4.39 Å². The monoisotopic (exact) mass is 519 g/mol. The number of anilines is 2. The molecule has 0 radical (unpaired) electrons. The Morgan fingerprint density at radius 2 is 1.92 bits per heavy atom. The highest BCUT2D eigenvalue weighted by Gasteiger charge is 2.58. The Balaban J connectivity index is 1.24. The fourth-order valence-corrected chi connectivity index (χ4v) is 5.85. The summed E-state index contributed by atoms with van der Waals surface area (Å²) in [5.74, 6) is 1.56. The van der Waals surface area contributed by atoms with E-state index >= 15 is 0 Å². The number of aromatic amines is 1. The summed E-state index contributed by atoms with van der Waals surface area (Å²) in [6.07, 6.45) is 3.35. The molecule has 1 aliphatic heterocycles. The molecule has 1 aliphatic carbocycles. The highest BCUT2D eigenvalue weighted by Crippen LogP contribution is 2.50. The molecule has 11 nitrogen and oxygen atoms in total. The minimum absolute atomic E-state index is 0.173. The molecule has 38 heavy (non-hydrogen) atoms. The van der Waals surface area contributed by atoms with Crippen LogP contribution in [0.4, 0.5) is 16.3 Å². The third-order valence-corrected chi connectivity index (χ3v) is 7.72. The van der Waals surface area contributed by atoms with Crippen LogP contribution >= 0.6 is 0 Å². The van der Waals surface area contributed by atoms with Crippen molar-refractivity contribution in [2.45, 2.75) is 26.3 Å². The van der Waals surface area contributed by atoms with Gasteiger partial charge in [0.2, 0.25) is 11.9 Å². The van der Waals surface area contributed by atoms with E-state index in [1.807, 2.05) is 11.9 Å². The van der Waals surface area contributed by atoms with Gasteiger partial charge in [0.25, 0.3) is 11.1 Å². The Morgan fingerprint density at radius 1 is 1.18 bits per heavy atom. The van der Waals surface area contributed by atoms with Gasteiger partial charge in [0.05, 0.1) is 17.6 Å². The van der Waals surface area contributed by atoms with E-state index in [0.717, 1.165) is 31.4 Å². The van der Waals surface area contributed by atoms with Crippen molar-refractivity contribution >= 4 is 22.9 Å². The Bertz CT molecular complexity index is 1660. The van der Waals surface area contributed by atoms with Crippen LogP contribution < -0.4 is 20.9 Å². The van der Waals surface area contributed by atoms with E-state index in [-0.39, 0.29) is 28.4 Å². The van der Waals surface area contributed by atoms with Gasteiger partial charge in [0.15, 0.2) is 11.3 Å². The van der Waals surface area contributed by atoms with Crippen LogP contribution in [0.1, 0.15) is 19.5 Å². The van der Waals surface area contributed by atoms with Crippen molar-refractivity contribution in [2.75, 3.05) is 29.9 Å². The molecule has 0 amide bonds. The summed E-state index contributed by atoms with van der Waals surface area (Å²) < 4.78 is 17.4. The molecule has 4 aromatic rings. The zero-order valence-corrected chi connectivity index (χ0v) is 22.0. The van der Waals surface area contributed by atoms with Crippen LogP contribution in [0.15, 0.2) is 34.1 Å². The summed E-state index contributed by atoms with van der Waals surface area (Å²) in [7, 11) is 5.36. The average Bonchev–Trinajstić information content (AvgIpc) is 3.19. The Morgan fingerprint density at radius 3 is 2.61 bits per heavy atom. The van der Waals surface area contributed by atoms with Crippen LogP contribution in [-0.2, 0) is 20.5 Å². The quantitative estimate of drug-likeness (QED) is 0.409. The van der Waals surface area contributed by atoms with Gasteiger partial charge in [-0.3, -0.25) is 28.8 Å². The first-order valence-electron chi connectivity index (χ1n) is 12.8. The predicted molar refractivity (Wildman–Crippen MR) is 142 cm³/mol. The van der Waals surface area contributed by atoms with Crippen molar-refractivity contribution in [1.82, 2.24) is 34.3 Å². The first-order valence-corrected chi connectivity index (χ1v) is 12.8. The molecule has 1 saturated carbocycles. The molecule has 1 saturated heterocycles. The van der Waals surface area contributed by atoms with Gasteiger partial charge >= 0.3 is 0 Å². The number of nitrogens with zero attached hydrogens (tertiary/aromatic N) is 8. The zero-order chi connectivity index (χ0) is 26.9. The maximum atomic E-state index is 14.4. The van der Waals surface area contributed by atoms with E-state index in [1.165, 1.54) is 22.9 Å². The smallest absolute Gasteiger partial charge is 0.278 e. The summed E-state index contributed by atoms with van der Waals surface area (Å²) in [6, 6.07) is 3.03. The van der Waals surface area contributed by atoms with E-state index in [4.69, 9.17) is 4.98 Å². The van der Waals surface area contributed by atoms with Crippen molar-refractivity contribution in [3.63, 3.8) is 0 Å². The van der Waals surface area contributed by atoms with E-state index < -0.39 is 5.82 Å². The number of H-pyrrole nitrogens is 1. The summed E-state index contributed by atoms with van der Waals surface area (Å²) >= 11 is 0. The van der Waals surface area contributed by atoms with Gasteiger partial charge in [-0.25, -0.2) is 14.4 Å². The van der Waals surface area contributed by atoms with Crippen LogP contribution in [0.25, 0.3) is 22.3 Å². The number of rotatable bonds is 6. The van der Waals surface area contributed by atoms with Crippen molar-refractivity contribution in [3.8, 4) is 11.3 Å². The van der Waals surface area contributed by atoms with Crippen LogP contribution in [-0.4, -0.2) is 60.5 Å². The lowest BCUT2D eigenvalue weighted by atomic mass is 10.1. The molecular weight excluding hydrogens is 489 g/mol. The number of hydrogen-bond acceptors (Lipinski definition) is 8. The van der Waals surface area contributed by atoms with Gasteiger partial charge in [-0.2, -0.15) is 5.10 Å². The lowest BCUT2D eigenvalue weighted by molar-refractivity contribution is 0.623. The van der Waals surface area contributed by atoms with Crippen LogP contribution in [0.5, 0.6) is 0 Å². The Hall–Kier alpha value is -4.09.